The number of hydrogen-bond acceptors (Lipinski definition) is 5. The monoisotopic (exact) mass is 474 g/mol. The van der Waals surface area contributed by atoms with Crippen LogP contribution in [0.3, 0.4) is 0 Å². The highest BCUT2D eigenvalue weighted by Crippen LogP contribution is 2.29. The Morgan fingerprint density at radius 3 is 2.15 bits per heavy atom. The number of nitrogens with one attached hydrogen (secondary N) is 1. The Bertz CT molecular complexity index is 1060. The molecule has 0 aliphatic carbocycles. The third kappa shape index (κ3) is 5.75. The molecule has 0 bridgehead atoms. The lowest BCUT2D eigenvalue weighted by Gasteiger charge is -2.27. The summed E-state index contributed by atoms with van der Waals surface area (Å²) in [5, 5.41) is 3.09. The lowest BCUT2D eigenvalue weighted by Crippen LogP contribution is -2.40. The van der Waals surface area contributed by atoms with Crippen LogP contribution in [0.15, 0.2) is 47.4 Å². The maximum Gasteiger partial charge on any atom is 0.251 e. The number of carbonyl (C=O) groups is 1. The first-order chi connectivity index (χ1) is 15.6. The van der Waals surface area contributed by atoms with Crippen molar-refractivity contribution in [2.75, 3.05) is 33.4 Å². The number of nitrogens with zero attached hydrogens (tertiary/aromatic N) is 1. The van der Waals surface area contributed by atoms with Crippen LogP contribution in [-0.4, -0.2) is 52.0 Å². The van der Waals surface area contributed by atoms with Gasteiger partial charge in [-0.15, -0.1) is 0 Å². The summed E-state index contributed by atoms with van der Waals surface area (Å²) in [6.45, 7) is 9.59. The van der Waals surface area contributed by atoms with Crippen molar-refractivity contribution in [2.45, 2.75) is 44.6 Å². The van der Waals surface area contributed by atoms with Gasteiger partial charge in [0, 0.05) is 18.7 Å². The van der Waals surface area contributed by atoms with Crippen LogP contribution >= 0.6 is 0 Å². The van der Waals surface area contributed by atoms with Gasteiger partial charge in [0.15, 0.2) is 0 Å². The summed E-state index contributed by atoms with van der Waals surface area (Å²) < 4.78 is 38.4. The van der Waals surface area contributed by atoms with Crippen LogP contribution in [0, 0.1) is 5.92 Å². The molecule has 1 aliphatic heterocycles. The number of ether oxygens (including phenoxy) is 2. The Hall–Kier alpha value is -2.42. The number of sulfonamides is 1. The van der Waals surface area contributed by atoms with Crippen LogP contribution in [0.4, 0.5) is 0 Å². The van der Waals surface area contributed by atoms with Crippen molar-refractivity contribution in [2.24, 2.45) is 5.92 Å². The predicted molar refractivity (Wildman–Crippen MR) is 128 cm³/mol. The largest absolute Gasteiger partial charge is 0.495 e. The number of hydrogen-bond donors (Lipinski definition) is 1. The van der Waals surface area contributed by atoms with Gasteiger partial charge < -0.3 is 14.8 Å². The van der Waals surface area contributed by atoms with E-state index in [0.29, 0.717) is 19.1 Å². The van der Waals surface area contributed by atoms with Crippen LogP contribution in [0.25, 0.3) is 0 Å². The Balaban J connectivity index is 1.88. The van der Waals surface area contributed by atoms with Crippen LogP contribution in [-0.2, 0) is 14.8 Å². The van der Waals surface area contributed by atoms with Crippen LogP contribution < -0.4 is 10.1 Å². The second-order valence-electron chi connectivity index (χ2n) is 8.90. The quantitative estimate of drug-likeness (QED) is 0.626. The zero-order valence-electron chi connectivity index (χ0n) is 20.0. The average molecular weight is 475 g/mol. The van der Waals surface area contributed by atoms with E-state index in [2.05, 4.69) is 31.3 Å². The standard InChI is InChI=1S/C25H34N2O5S/c1-17(2)19-6-8-20(9-7-19)24(18(3)4)26-25(28)21-10-11-22(31-5)23(16-21)33(29,30)27-12-14-32-15-13-27/h6-11,16-18,24H,12-15H2,1-5H3,(H,26,28). The molecule has 3 rings (SSSR count). The first-order valence-electron chi connectivity index (χ1n) is 11.3. The Morgan fingerprint density at radius 1 is 1.00 bits per heavy atom. The molecule has 0 radical (unpaired) electrons. The van der Waals surface area contributed by atoms with E-state index in [9.17, 15) is 13.2 Å². The number of benzene rings is 2. The van der Waals surface area contributed by atoms with E-state index in [4.69, 9.17) is 9.47 Å². The molecule has 33 heavy (non-hydrogen) atoms. The average Bonchev–Trinajstić information content (AvgIpc) is 2.82. The minimum absolute atomic E-state index is 0.0121. The molecule has 180 valence electrons. The molecule has 1 fully saturated rings. The number of amides is 1. The molecular formula is C25H34N2O5S. The zero-order valence-corrected chi connectivity index (χ0v) is 20.8. The van der Waals surface area contributed by atoms with Crippen molar-refractivity contribution < 1.29 is 22.7 Å². The SMILES string of the molecule is COc1ccc(C(=O)NC(c2ccc(C(C)C)cc2)C(C)C)cc1S(=O)(=O)N1CCOCC1. The van der Waals surface area contributed by atoms with Crippen molar-refractivity contribution in [1.29, 1.82) is 0 Å². The zero-order chi connectivity index (χ0) is 24.2. The summed E-state index contributed by atoms with van der Waals surface area (Å²) in [4.78, 5) is 13.2. The first kappa shape index (κ1) is 25.2. The minimum Gasteiger partial charge on any atom is -0.495 e. The topological polar surface area (TPSA) is 84.9 Å². The highest BCUT2D eigenvalue weighted by molar-refractivity contribution is 7.89. The molecule has 2 aromatic carbocycles. The predicted octanol–water partition coefficient (Wildman–Crippen LogP) is 3.97. The fraction of sp³-hybridized carbons (Fsp3) is 0.480. The van der Waals surface area contributed by atoms with Crippen LogP contribution in [0.2, 0.25) is 0 Å². The van der Waals surface area contributed by atoms with Crippen LogP contribution in [0.1, 0.15) is 61.1 Å². The lowest BCUT2D eigenvalue weighted by molar-refractivity contribution is 0.0729. The summed E-state index contributed by atoms with van der Waals surface area (Å²) in [7, 11) is -2.40. The number of methoxy groups -OCH3 is 1. The molecule has 7 nitrogen and oxygen atoms in total. The van der Waals surface area contributed by atoms with Gasteiger partial charge in [0.2, 0.25) is 10.0 Å². The number of morpholine rings is 1. The van der Waals surface area contributed by atoms with E-state index in [1.165, 1.54) is 29.1 Å². The van der Waals surface area contributed by atoms with E-state index >= 15 is 0 Å². The lowest BCUT2D eigenvalue weighted by atomic mass is 9.93. The molecule has 1 amide bonds. The maximum absolute atomic E-state index is 13.2. The van der Waals surface area contributed by atoms with Crippen molar-refractivity contribution in [3.63, 3.8) is 0 Å². The van der Waals surface area contributed by atoms with Gasteiger partial charge in [0.1, 0.15) is 10.6 Å². The van der Waals surface area contributed by atoms with Gasteiger partial charge in [-0.05, 0) is 41.2 Å². The molecule has 8 heteroatoms. The second-order valence-corrected chi connectivity index (χ2v) is 10.8. The smallest absolute Gasteiger partial charge is 0.251 e. The molecule has 0 aromatic heterocycles. The van der Waals surface area contributed by atoms with Crippen molar-refractivity contribution >= 4 is 15.9 Å². The van der Waals surface area contributed by atoms with Crippen molar-refractivity contribution in [1.82, 2.24) is 9.62 Å². The molecule has 1 aliphatic rings. The molecule has 1 unspecified atom stereocenters. The van der Waals surface area contributed by atoms with Gasteiger partial charge in [-0.1, -0.05) is 52.0 Å². The summed E-state index contributed by atoms with van der Waals surface area (Å²) in [5.74, 6) is 0.455. The minimum atomic E-state index is -3.82. The summed E-state index contributed by atoms with van der Waals surface area (Å²) in [6, 6.07) is 12.6. The maximum atomic E-state index is 13.2. The summed E-state index contributed by atoms with van der Waals surface area (Å²) >= 11 is 0. The van der Waals surface area contributed by atoms with E-state index in [0.717, 1.165) is 5.56 Å². The van der Waals surface area contributed by atoms with E-state index in [1.54, 1.807) is 6.07 Å². The Labute approximate surface area is 197 Å². The van der Waals surface area contributed by atoms with E-state index < -0.39 is 10.0 Å². The Kier molecular flexibility index (Phi) is 8.15. The van der Waals surface area contributed by atoms with Gasteiger partial charge in [0.05, 0.1) is 26.4 Å². The third-order valence-electron chi connectivity index (χ3n) is 5.93. The summed E-state index contributed by atoms with van der Waals surface area (Å²) in [6.07, 6.45) is 0. The summed E-state index contributed by atoms with van der Waals surface area (Å²) in [5.41, 5.74) is 2.52. The second kappa shape index (κ2) is 10.7. The van der Waals surface area contributed by atoms with E-state index in [1.807, 2.05) is 26.0 Å². The number of carbonyl (C=O) groups excluding carboxylic acids is 1. The molecular weight excluding hydrogens is 440 g/mol. The number of rotatable bonds is 8. The molecule has 2 aromatic rings. The fourth-order valence-corrected chi connectivity index (χ4v) is 5.48. The highest BCUT2D eigenvalue weighted by Gasteiger charge is 2.30. The van der Waals surface area contributed by atoms with Gasteiger partial charge in [-0.3, -0.25) is 4.79 Å². The van der Waals surface area contributed by atoms with Gasteiger partial charge in [-0.2, -0.15) is 4.31 Å². The molecule has 0 saturated carbocycles. The molecule has 0 spiro atoms. The first-order valence-corrected chi connectivity index (χ1v) is 12.8. The Morgan fingerprint density at radius 2 is 1.61 bits per heavy atom. The normalized spacial score (nSPS) is 16.1. The van der Waals surface area contributed by atoms with Crippen molar-refractivity contribution in [3.05, 3.63) is 59.2 Å². The third-order valence-corrected chi connectivity index (χ3v) is 7.85. The van der Waals surface area contributed by atoms with Gasteiger partial charge in [-0.25, -0.2) is 8.42 Å². The van der Waals surface area contributed by atoms with Crippen molar-refractivity contribution in [3.8, 4) is 5.75 Å². The van der Waals surface area contributed by atoms with Gasteiger partial charge >= 0.3 is 0 Å². The van der Waals surface area contributed by atoms with Gasteiger partial charge in [0.25, 0.3) is 5.91 Å². The fourth-order valence-electron chi connectivity index (χ4n) is 3.89. The highest BCUT2D eigenvalue weighted by atomic mass is 32.2. The molecule has 1 heterocycles. The molecule has 1 saturated heterocycles. The van der Waals surface area contributed by atoms with Crippen LogP contribution in [0.5, 0.6) is 5.75 Å². The molecule has 1 atom stereocenters. The molecule has 1 N–H and O–H groups in total. The van der Waals surface area contributed by atoms with E-state index in [-0.39, 0.29) is 47.2 Å².